The van der Waals surface area contributed by atoms with Gasteiger partial charge in [-0.15, -0.1) is 0 Å². The molecule has 0 aliphatic heterocycles. The Kier molecular flexibility index (Phi) is 4.69. The Morgan fingerprint density at radius 1 is 1.40 bits per heavy atom. The second-order valence-corrected chi connectivity index (χ2v) is 6.00. The van der Waals surface area contributed by atoms with Crippen molar-refractivity contribution in [3.63, 3.8) is 0 Å². The maximum Gasteiger partial charge on any atom is 0.227 e. The zero-order chi connectivity index (χ0) is 14.7. The average Bonchev–Trinajstić information content (AvgIpc) is 2.82. The molecule has 1 aliphatic carbocycles. The van der Waals surface area contributed by atoms with Crippen molar-refractivity contribution in [1.82, 2.24) is 0 Å². The number of amides is 1. The summed E-state index contributed by atoms with van der Waals surface area (Å²) in [5.74, 6) is 2.29. The van der Waals surface area contributed by atoms with Gasteiger partial charge in [-0.1, -0.05) is 26.3 Å². The lowest BCUT2D eigenvalue weighted by atomic mass is 9.97. The molecule has 3 unspecified atom stereocenters. The molecule has 3 heteroatoms. The molecule has 0 radical (unpaired) electrons. The number of anilines is 1. The fourth-order valence-electron chi connectivity index (χ4n) is 3.21. The van der Waals surface area contributed by atoms with E-state index in [0.717, 1.165) is 23.4 Å². The summed E-state index contributed by atoms with van der Waals surface area (Å²) in [6, 6.07) is 5.80. The summed E-state index contributed by atoms with van der Waals surface area (Å²) in [4.78, 5) is 12.4. The Morgan fingerprint density at radius 2 is 2.15 bits per heavy atom. The fourth-order valence-corrected chi connectivity index (χ4v) is 3.21. The summed E-state index contributed by atoms with van der Waals surface area (Å²) in [6.45, 7) is 6.40. The predicted octanol–water partition coefficient (Wildman–Crippen LogP) is 4.01. The van der Waals surface area contributed by atoms with E-state index in [2.05, 4.69) is 19.2 Å². The number of carbonyl (C=O) groups is 1. The van der Waals surface area contributed by atoms with E-state index in [1.54, 1.807) is 7.11 Å². The third-order valence-corrected chi connectivity index (χ3v) is 4.57. The molecular formula is C17H25NO2. The van der Waals surface area contributed by atoms with Crippen LogP contribution in [0.5, 0.6) is 5.75 Å². The minimum Gasteiger partial charge on any atom is -0.496 e. The molecule has 0 spiro atoms. The van der Waals surface area contributed by atoms with Crippen molar-refractivity contribution in [2.75, 3.05) is 12.4 Å². The summed E-state index contributed by atoms with van der Waals surface area (Å²) >= 11 is 0. The molecule has 0 saturated heterocycles. The number of hydrogen-bond donors (Lipinski definition) is 1. The van der Waals surface area contributed by atoms with Gasteiger partial charge >= 0.3 is 0 Å². The molecule has 0 heterocycles. The lowest BCUT2D eigenvalue weighted by Crippen LogP contribution is -2.24. The molecule has 1 fully saturated rings. The molecule has 3 atom stereocenters. The lowest BCUT2D eigenvalue weighted by Gasteiger charge is -2.16. The number of rotatable bonds is 4. The second-order valence-electron chi connectivity index (χ2n) is 6.00. The van der Waals surface area contributed by atoms with Crippen LogP contribution in [0.25, 0.3) is 0 Å². The van der Waals surface area contributed by atoms with Crippen molar-refractivity contribution in [3.05, 3.63) is 23.8 Å². The number of hydrogen-bond acceptors (Lipinski definition) is 2. The average molecular weight is 275 g/mol. The van der Waals surface area contributed by atoms with E-state index in [0.29, 0.717) is 11.8 Å². The minimum absolute atomic E-state index is 0.146. The molecule has 0 bridgehead atoms. The molecule has 1 aromatic rings. The molecule has 1 amide bonds. The van der Waals surface area contributed by atoms with Gasteiger partial charge in [0.05, 0.1) is 7.11 Å². The van der Waals surface area contributed by atoms with Gasteiger partial charge in [0.15, 0.2) is 0 Å². The van der Waals surface area contributed by atoms with E-state index in [-0.39, 0.29) is 11.8 Å². The number of benzene rings is 1. The topological polar surface area (TPSA) is 38.3 Å². The molecule has 1 aliphatic rings. The van der Waals surface area contributed by atoms with E-state index in [4.69, 9.17) is 4.74 Å². The molecule has 110 valence electrons. The first-order chi connectivity index (χ1) is 9.55. The molecule has 1 saturated carbocycles. The Morgan fingerprint density at radius 3 is 2.75 bits per heavy atom. The molecule has 3 nitrogen and oxygen atoms in total. The van der Waals surface area contributed by atoms with Gasteiger partial charge in [-0.2, -0.15) is 0 Å². The van der Waals surface area contributed by atoms with Crippen LogP contribution in [0.15, 0.2) is 18.2 Å². The zero-order valence-electron chi connectivity index (χ0n) is 12.9. The maximum atomic E-state index is 12.4. The fraction of sp³-hybridized carbons (Fsp3) is 0.588. The van der Waals surface area contributed by atoms with Crippen LogP contribution in [-0.2, 0) is 4.79 Å². The smallest absolute Gasteiger partial charge is 0.227 e. The molecule has 1 N–H and O–H groups in total. The van der Waals surface area contributed by atoms with Crippen LogP contribution in [0.3, 0.4) is 0 Å². The standard InChI is InChI=1S/C17H25NO2/c1-5-13-8-12(3)15(9-13)17(19)18-14-7-6-11(2)16(10-14)20-4/h6-7,10,12-13,15H,5,8-9H2,1-4H3,(H,18,19). The van der Waals surface area contributed by atoms with Crippen molar-refractivity contribution >= 4 is 11.6 Å². The van der Waals surface area contributed by atoms with E-state index in [1.165, 1.54) is 12.8 Å². The normalized spacial score (nSPS) is 25.5. The Bertz CT molecular complexity index is 484. The summed E-state index contributed by atoms with van der Waals surface area (Å²) in [6.07, 6.45) is 3.37. The first-order valence-electron chi connectivity index (χ1n) is 7.50. The van der Waals surface area contributed by atoms with Gasteiger partial charge in [-0.25, -0.2) is 0 Å². The number of carbonyl (C=O) groups excluding carboxylic acids is 1. The first kappa shape index (κ1) is 14.9. The van der Waals surface area contributed by atoms with Gasteiger partial charge < -0.3 is 10.1 Å². The van der Waals surface area contributed by atoms with Crippen LogP contribution >= 0.6 is 0 Å². The van der Waals surface area contributed by atoms with Crippen molar-refractivity contribution in [1.29, 1.82) is 0 Å². The van der Waals surface area contributed by atoms with Crippen LogP contribution < -0.4 is 10.1 Å². The van der Waals surface area contributed by atoms with Gasteiger partial charge in [0.2, 0.25) is 5.91 Å². The Hall–Kier alpha value is -1.51. The number of ether oxygens (including phenoxy) is 1. The molecular weight excluding hydrogens is 250 g/mol. The van der Waals surface area contributed by atoms with Gasteiger partial charge in [0, 0.05) is 17.7 Å². The van der Waals surface area contributed by atoms with Crippen LogP contribution in [-0.4, -0.2) is 13.0 Å². The third kappa shape index (κ3) is 3.14. The van der Waals surface area contributed by atoms with E-state index in [1.807, 2.05) is 25.1 Å². The van der Waals surface area contributed by atoms with Crippen LogP contribution in [0.1, 0.15) is 38.7 Å². The predicted molar refractivity (Wildman–Crippen MR) is 82.0 cm³/mol. The van der Waals surface area contributed by atoms with Crippen molar-refractivity contribution < 1.29 is 9.53 Å². The van der Waals surface area contributed by atoms with Crippen molar-refractivity contribution in [2.24, 2.45) is 17.8 Å². The highest BCUT2D eigenvalue weighted by Crippen LogP contribution is 2.38. The van der Waals surface area contributed by atoms with Gasteiger partial charge in [0.25, 0.3) is 0 Å². The zero-order valence-corrected chi connectivity index (χ0v) is 12.9. The van der Waals surface area contributed by atoms with E-state index >= 15 is 0 Å². The Balaban J connectivity index is 2.04. The van der Waals surface area contributed by atoms with Crippen LogP contribution in [0.2, 0.25) is 0 Å². The van der Waals surface area contributed by atoms with Crippen LogP contribution in [0, 0.1) is 24.7 Å². The first-order valence-corrected chi connectivity index (χ1v) is 7.50. The number of aryl methyl sites for hydroxylation is 1. The van der Waals surface area contributed by atoms with Crippen LogP contribution in [0.4, 0.5) is 5.69 Å². The van der Waals surface area contributed by atoms with E-state index < -0.39 is 0 Å². The Labute approximate surface area is 121 Å². The largest absolute Gasteiger partial charge is 0.496 e. The summed E-state index contributed by atoms with van der Waals surface area (Å²) < 4.78 is 5.30. The monoisotopic (exact) mass is 275 g/mol. The highest BCUT2D eigenvalue weighted by molar-refractivity contribution is 5.93. The summed E-state index contributed by atoms with van der Waals surface area (Å²) in [5.41, 5.74) is 1.90. The minimum atomic E-state index is 0.146. The molecule has 0 aromatic heterocycles. The maximum absolute atomic E-state index is 12.4. The highest BCUT2D eigenvalue weighted by Gasteiger charge is 2.35. The third-order valence-electron chi connectivity index (χ3n) is 4.57. The molecule has 20 heavy (non-hydrogen) atoms. The molecule has 2 rings (SSSR count). The summed E-state index contributed by atoms with van der Waals surface area (Å²) in [5, 5.41) is 3.04. The van der Waals surface area contributed by atoms with Gasteiger partial charge in [-0.3, -0.25) is 4.79 Å². The highest BCUT2D eigenvalue weighted by atomic mass is 16.5. The quantitative estimate of drug-likeness (QED) is 0.901. The second kappa shape index (κ2) is 6.29. The summed E-state index contributed by atoms with van der Waals surface area (Å²) in [7, 11) is 1.65. The number of methoxy groups -OCH3 is 1. The van der Waals surface area contributed by atoms with Crippen molar-refractivity contribution in [3.8, 4) is 5.75 Å². The van der Waals surface area contributed by atoms with E-state index in [9.17, 15) is 4.79 Å². The lowest BCUT2D eigenvalue weighted by molar-refractivity contribution is -0.120. The SMILES string of the molecule is CCC1CC(C)C(C(=O)Nc2ccc(C)c(OC)c2)C1. The van der Waals surface area contributed by atoms with Crippen molar-refractivity contribution in [2.45, 2.75) is 40.0 Å². The van der Waals surface area contributed by atoms with Gasteiger partial charge in [0.1, 0.15) is 5.75 Å². The number of nitrogens with one attached hydrogen (secondary N) is 1. The van der Waals surface area contributed by atoms with Gasteiger partial charge in [-0.05, 0) is 43.2 Å². The molecule has 1 aromatic carbocycles.